The van der Waals surface area contributed by atoms with Crippen LogP contribution in [0.5, 0.6) is 5.75 Å². The fourth-order valence-electron chi connectivity index (χ4n) is 1.19. The number of amides is 1. The van der Waals surface area contributed by atoms with Crippen LogP contribution in [0, 0.1) is 0 Å². The molecule has 0 saturated heterocycles. The predicted octanol–water partition coefficient (Wildman–Crippen LogP) is 2.09. The van der Waals surface area contributed by atoms with Crippen LogP contribution < -0.4 is 5.32 Å². The highest BCUT2D eigenvalue weighted by molar-refractivity contribution is 6.30. The maximum absolute atomic E-state index is 11.7. The Balaban J connectivity index is 2.14. The lowest BCUT2D eigenvalue weighted by Crippen LogP contribution is -2.12. The van der Waals surface area contributed by atoms with Crippen LogP contribution in [0.15, 0.2) is 36.8 Å². The molecule has 6 heteroatoms. The van der Waals surface area contributed by atoms with Crippen LogP contribution >= 0.6 is 11.6 Å². The number of nitrogens with zero attached hydrogens (tertiary/aromatic N) is 2. The zero-order valence-corrected chi connectivity index (χ0v) is 9.35. The van der Waals surface area contributed by atoms with Crippen LogP contribution in [-0.2, 0) is 0 Å². The van der Waals surface area contributed by atoms with Crippen LogP contribution in [-0.4, -0.2) is 21.0 Å². The van der Waals surface area contributed by atoms with Gasteiger partial charge in [0, 0.05) is 12.4 Å². The van der Waals surface area contributed by atoms with Gasteiger partial charge in [0.2, 0.25) is 0 Å². The van der Waals surface area contributed by atoms with Gasteiger partial charge in [0.25, 0.3) is 5.91 Å². The van der Waals surface area contributed by atoms with E-state index in [1.807, 2.05) is 0 Å². The summed E-state index contributed by atoms with van der Waals surface area (Å²) in [5.41, 5.74) is 0.252. The van der Waals surface area contributed by atoms with Gasteiger partial charge in [-0.25, -0.2) is 4.98 Å². The van der Waals surface area contributed by atoms with Crippen LogP contribution in [0.2, 0.25) is 5.02 Å². The van der Waals surface area contributed by atoms with Gasteiger partial charge in [-0.1, -0.05) is 11.6 Å². The first-order valence-electron chi connectivity index (χ1n) is 4.72. The molecular weight excluding hydrogens is 242 g/mol. The van der Waals surface area contributed by atoms with E-state index in [-0.39, 0.29) is 11.3 Å². The first kappa shape index (κ1) is 11.3. The quantitative estimate of drug-likeness (QED) is 0.855. The van der Waals surface area contributed by atoms with Crippen LogP contribution in [0.4, 0.5) is 5.82 Å². The molecule has 0 saturated carbocycles. The Bertz CT molecular complexity index is 543. The summed E-state index contributed by atoms with van der Waals surface area (Å²) < 4.78 is 0. The summed E-state index contributed by atoms with van der Waals surface area (Å²) >= 11 is 5.67. The lowest BCUT2D eigenvalue weighted by Gasteiger charge is -2.04. The second-order valence-electron chi connectivity index (χ2n) is 3.25. The summed E-state index contributed by atoms with van der Waals surface area (Å²) in [5.74, 6) is -0.0901. The third-order valence-corrected chi connectivity index (χ3v) is 2.18. The van der Waals surface area contributed by atoms with Gasteiger partial charge in [-0.3, -0.25) is 9.78 Å². The summed E-state index contributed by atoms with van der Waals surface area (Å²) in [6, 6.07) is 4.51. The number of carbonyl (C=O) groups is 1. The molecule has 0 aromatic carbocycles. The highest BCUT2D eigenvalue weighted by Crippen LogP contribution is 2.12. The van der Waals surface area contributed by atoms with E-state index in [4.69, 9.17) is 11.6 Å². The van der Waals surface area contributed by atoms with E-state index in [9.17, 15) is 9.90 Å². The van der Waals surface area contributed by atoms with Crippen molar-refractivity contribution in [2.45, 2.75) is 0 Å². The summed E-state index contributed by atoms with van der Waals surface area (Å²) in [6.45, 7) is 0. The minimum absolute atomic E-state index is 0.0679. The zero-order valence-electron chi connectivity index (χ0n) is 8.59. The van der Waals surface area contributed by atoms with Crippen molar-refractivity contribution in [2.75, 3.05) is 5.32 Å². The number of nitrogens with one attached hydrogen (secondary N) is 1. The Kier molecular flexibility index (Phi) is 3.20. The number of carbonyl (C=O) groups excluding carboxylic acids is 1. The molecule has 17 heavy (non-hydrogen) atoms. The van der Waals surface area contributed by atoms with E-state index in [0.29, 0.717) is 10.8 Å². The zero-order chi connectivity index (χ0) is 12.3. The number of halogens is 1. The number of pyridine rings is 2. The second-order valence-corrected chi connectivity index (χ2v) is 3.68. The molecule has 5 nitrogen and oxygen atoms in total. The Labute approximate surface area is 102 Å². The molecule has 0 unspecified atom stereocenters. The summed E-state index contributed by atoms with van der Waals surface area (Å²) in [4.78, 5) is 19.3. The smallest absolute Gasteiger partial charge is 0.258 e. The maximum atomic E-state index is 11.7. The summed E-state index contributed by atoms with van der Waals surface area (Å²) in [6.07, 6.45) is 4.03. The number of rotatable bonds is 2. The molecule has 2 aromatic heterocycles. The van der Waals surface area contributed by atoms with Crippen molar-refractivity contribution < 1.29 is 9.90 Å². The Morgan fingerprint density at radius 2 is 2.12 bits per heavy atom. The van der Waals surface area contributed by atoms with Crippen molar-refractivity contribution in [1.29, 1.82) is 0 Å². The molecule has 86 valence electrons. The molecule has 0 aliphatic rings. The molecule has 2 heterocycles. The first-order chi connectivity index (χ1) is 8.15. The lowest BCUT2D eigenvalue weighted by atomic mass is 10.2. The third-order valence-electron chi connectivity index (χ3n) is 1.95. The molecule has 2 aromatic rings. The highest BCUT2D eigenvalue weighted by Gasteiger charge is 2.07. The van der Waals surface area contributed by atoms with Gasteiger partial charge >= 0.3 is 0 Å². The first-order valence-corrected chi connectivity index (χ1v) is 5.10. The summed E-state index contributed by atoms with van der Waals surface area (Å²) in [7, 11) is 0. The molecular formula is C11H8ClN3O2. The lowest BCUT2D eigenvalue weighted by molar-refractivity contribution is 0.102. The average molecular weight is 250 g/mol. The van der Waals surface area contributed by atoms with Gasteiger partial charge in [0.1, 0.15) is 11.6 Å². The standard InChI is InChI=1S/C11H8ClN3O2/c12-8-1-2-10(14-5-8)15-11(17)7-3-9(16)6-13-4-7/h1-6,16H,(H,14,15,17). The minimum atomic E-state index is -0.400. The molecule has 0 fully saturated rings. The van der Waals surface area contributed by atoms with Gasteiger partial charge < -0.3 is 10.4 Å². The van der Waals surface area contributed by atoms with Crippen molar-refractivity contribution in [3.63, 3.8) is 0 Å². The average Bonchev–Trinajstić information content (AvgIpc) is 2.32. The van der Waals surface area contributed by atoms with Crippen molar-refractivity contribution in [2.24, 2.45) is 0 Å². The van der Waals surface area contributed by atoms with Gasteiger partial charge in [-0.2, -0.15) is 0 Å². The van der Waals surface area contributed by atoms with Crippen molar-refractivity contribution in [1.82, 2.24) is 9.97 Å². The normalized spacial score (nSPS) is 9.94. The molecule has 0 radical (unpaired) electrons. The predicted molar refractivity (Wildman–Crippen MR) is 63.1 cm³/mol. The molecule has 2 rings (SSSR count). The van der Waals surface area contributed by atoms with Crippen LogP contribution in [0.3, 0.4) is 0 Å². The molecule has 2 N–H and O–H groups in total. The number of aromatic nitrogens is 2. The number of hydrogen-bond donors (Lipinski definition) is 2. The highest BCUT2D eigenvalue weighted by atomic mass is 35.5. The van der Waals surface area contributed by atoms with Gasteiger partial charge in [0.05, 0.1) is 16.8 Å². The molecule has 0 spiro atoms. The van der Waals surface area contributed by atoms with Crippen molar-refractivity contribution in [3.05, 3.63) is 47.4 Å². The van der Waals surface area contributed by atoms with E-state index in [0.717, 1.165) is 0 Å². The number of anilines is 1. The second kappa shape index (κ2) is 4.80. The Hall–Kier alpha value is -2.14. The van der Waals surface area contributed by atoms with Gasteiger partial charge in [-0.15, -0.1) is 0 Å². The molecule has 0 atom stereocenters. The fraction of sp³-hybridized carbons (Fsp3) is 0. The summed E-state index contributed by atoms with van der Waals surface area (Å²) in [5, 5.41) is 12.2. The number of aromatic hydroxyl groups is 1. The SMILES string of the molecule is O=C(Nc1ccc(Cl)cn1)c1cncc(O)c1. The molecule has 0 aliphatic heterocycles. The van der Waals surface area contributed by atoms with Crippen LogP contribution in [0.1, 0.15) is 10.4 Å². The topological polar surface area (TPSA) is 75.1 Å². The Morgan fingerprint density at radius 3 is 2.76 bits per heavy atom. The van der Waals surface area contributed by atoms with Crippen LogP contribution in [0.25, 0.3) is 0 Å². The molecule has 0 aliphatic carbocycles. The van der Waals surface area contributed by atoms with Crippen molar-refractivity contribution >= 4 is 23.3 Å². The van der Waals surface area contributed by atoms with E-state index in [2.05, 4.69) is 15.3 Å². The largest absolute Gasteiger partial charge is 0.506 e. The number of hydrogen-bond acceptors (Lipinski definition) is 4. The van der Waals surface area contributed by atoms with Crippen molar-refractivity contribution in [3.8, 4) is 5.75 Å². The maximum Gasteiger partial charge on any atom is 0.258 e. The van der Waals surface area contributed by atoms with E-state index >= 15 is 0 Å². The Morgan fingerprint density at radius 1 is 1.29 bits per heavy atom. The van der Waals surface area contributed by atoms with E-state index in [1.165, 1.54) is 24.7 Å². The van der Waals surface area contributed by atoms with E-state index in [1.54, 1.807) is 12.1 Å². The fourth-order valence-corrected chi connectivity index (χ4v) is 1.30. The van der Waals surface area contributed by atoms with E-state index < -0.39 is 5.91 Å². The van der Waals surface area contributed by atoms with Gasteiger partial charge in [-0.05, 0) is 18.2 Å². The minimum Gasteiger partial charge on any atom is -0.506 e. The molecule has 0 bridgehead atoms. The van der Waals surface area contributed by atoms with Gasteiger partial charge in [0.15, 0.2) is 0 Å². The monoisotopic (exact) mass is 249 g/mol. The molecule has 1 amide bonds. The third kappa shape index (κ3) is 2.92.